The van der Waals surface area contributed by atoms with E-state index in [1.54, 1.807) is 18.9 Å². The minimum absolute atomic E-state index is 0.0753. The first-order valence-corrected chi connectivity index (χ1v) is 6.06. The summed E-state index contributed by atoms with van der Waals surface area (Å²) in [5, 5.41) is 1.04. The fourth-order valence-corrected chi connectivity index (χ4v) is 1.99. The topological polar surface area (TPSA) is 48.1 Å². The number of hydrogen-bond acceptors (Lipinski definition) is 4. The second kappa shape index (κ2) is 6.82. The molecule has 1 aromatic heterocycles. The predicted molar refractivity (Wildman–Crippen MR) is 64.1 cm³/mol. The van der Waals surface area contributed by atoms with Crippen molar-refractivity contribution < 1.29 is 4.74 Å². The molecule has 0 aliphatic rings. The number of hydrogen-bond donors (Lipinski definition) is 1. The monoisotopic (exact) mass is 226 g/mol. The molecule has 84 valence electrons. The van der Waals surface area contributed by atoms with Crippen molar-refractivity contribution in [3.63, 3.8) is 0 Å². The minimum atomic E-state index is 0.0753. The van der Waals surface area contributed by atoms with E-state index in [1.807, 2.05) is 19.2 Å². The summed E-state index contributed by atoms with van der Waals surface area (Å²) < 4.78 is 4.99. The molecular weight excluding hydrogens is 208 g/mol. The van der Waals surface area contributed by atoms with E-state index in [2.05, 4.69) is 11.1 Å². The number of aromatic nitrogens is 1. The van der Waals surface area contributed by atoms with Crippen molar-refractivity contribution in [3.05, 3.63) is 23.9 Å². The second-order valence-electron chi connectivity index (χ2n) is 3.41. The van der Waals surface area contributed by atoms with E-state index >= 15 is 0 Å². The molecule has 0 spiro atoms. The molecule has 0 bridgehead atoms. The van der Waals surface area contributed by atoms with Gasteiger partial charge in [-0.2, -0.15) is 0 Å². The molecule has 0 amide bonds. The van der Waals surface area contributed by atoms with E-state index in [1.165, 1.54) is 0 Å². The zero-order chi connectivity index (χ0) is 11.1. The molecule has 2 N–H and O–H groups in total. The number of thioether (sulfide) groups is 1. The Kier molecular flexibility index (Phi) is 5.68. The maximum absolute atomic E-state index is 5.80. The van der Waals surface area contributed by atoms with Crippen LogP contribution in [0.3, 0.4) is 0 Å². The highest BCUT2D eigenvalue weighted by Gasteiger charge is 2.01. The third kappa shape index (κ3) is 4.64. The molecule has 3 nitrogen and oxygen atoms in total. The van der Waals surface area contributed by atoms with Crippen LogP contribution in [0.1, 0.15) is 24.9 Å². The van der Waals surface area contributed by atoms with Gasteiger partial charge in [-0.1, -0.05) is 0 Å². The van der Waals surface area contributed by atoms with Crippen LogP contribution in [0, 0.1) is 0 Å². The predicted octanol–water partition coefficient (Wildman–Crippen LogP) is 2.23. The van der Waals surface area contributed by atoms with Gasteiger partial charge >= 0.3 is 0 Å². The summed E-state index contributed by atoms with van der Waals surface area (Å²) in [4.78, 5) is 4.29. The van der Waals surface area contributed by atoms with Gasteiger partial charge in [0.05, 0.1) is 5.03 Å². The van der Waals surface area contributed by atoms with Crippen LogP contribution in [-0.4, -0.2) is 24.5 Å². The first-order valence-electron chi connectivity index (χ1n) is 5.07. The van der Waals surface area contributed by atoms with Crippen molar-refractivity contribution in [2.24, 2.45) is 5.73 Å². The number of ether oxygens (including phenoxy) is 1. The van der Waals surface area contributed by atoms with Gasteiger partial charge in [0, 0.05) is 31.7 Å². The van der Waals surface area contributed by atoms with Gasteiger partial charge < -0.3 is 10.5 Å². The number of nitrogens with two attached hydrogens (primary N) is 1. The van der Waals surface area contributed by atoms with Gasteiger partial charge in [-0.3, -0.25) is 0 Å². The van der Waals surface area contributed by atoms with Crippen LogP contribution in [0.4, 0.5) is 0 Å². The van der Waals surface area contributed by atoms with Gasteiger partial charge in [-0.25, -0.2) is 4.98 Å². The van der Waals surface area contributed by atoms with Crippen molar-refractivity contribution in [1.29, 1.82) is 0 Å². The molecule has 0 aliphatic carbocycles. The van der Waals surface area contributed by atoms with E-state index in [-0.39, 0.29) is 6.04 Å². The second-order valence-corrected chi connectivity index (χ2v) is 4.53. The van der Waals surface area contributed by atoms with Crippen molar-refractivity contribution in [2.75, 3.05) is 19.5 Å². The Labute approximate surface area is 95.4 Å². The maximum atomic E-state index is 5.80. The summed E-state index contributed by atoms with van der Waals surface area (Å²) in [6.45, 7) is 2.79. The van der Waals surface area contributed by atoms with Crippen LogP contribution < -0.4 is 5.73 Å². The zero-order valence-corrected chi connectivity index (χ0v) is 10.1. The van der Waals surface area contributed by atoms with Crippen LogP contribution in [0.15, 0.2) is 23.4 Å². The number of rotatable bonds is 6. The fraction of sp³-hybridized carbons (Fsp3) is 0.545. The molecule has 0 fully saturated rings. The van der Waals surface area contributed by atoms with Crippen molar-refractivity contribution in [1.82, 2.24) is 4.98 Å². The average molecular weight is 226 g/mol. The smallest absolute Gasteiger partial charge is 0.0963 e. The van der Waals surface area contributed by atoms with Crippen LogP contribution in [0.25, 0.3) is 0 Å². The molecule has 15 heavy (non-hydrogen) atoms. The number of nitrogens with zero attached hydrogens (tertiary/aromatic N) is 1. The highest BCUT2D eigenvalue weighted by Crippen LogP contribution is 2.19. The van der Waals surface area contributed by atoms with E-state index < -0.39 is 0 Å². The Bertz CT molecular complexity index is 292. The van der Waals surface area contributed by atoms with Crippen molar-refractivity contribution in [3.8, 4) is 0 Å². The molecule has 1 unspecified atom stereocenters. The molecule has 0 saturated carbocycles. The highest BCUT2D eigenvalue weighted by molar-refractivity contribution is 7.99. The van der Waals surface area contributed by atoms with Gasteiger partial charge in [-0.05, 0) is 31.0 Å². The Morgan fingerprint density at radius 1 is 1.60 bits per heavy atom. The van der Waals surface area contributed by atoms with Gasteiger partial charge in [0.2, 0.25) is 0 Å². The summed E-state index contributed by atoms with van der Waals surface area (Å²) >= 11 is 1.75. The third-order valence-electron chi connectivity index (χ3n) is 2.03. The molecule has 1 aromatic rings. The Morgan fingerprint density at radius 3 is 3.07 bits per heavy atom. The van der Waals surface area contributed by atoms with Crippen LogP contribution in [0.2, 0.25) is 0 Å². The zero-order valence-electron chi connectivity index (χ0n) is 9.27. The first kappa shape index (κ1) is 12.5. The van der Waals surface area contributed by atoms with Crippen LogP contribution in [0.5, 0.6) is 0 Å². The molecule has 0 saturated heterocycles. The Hall–Kier alpha value is -0.580. The summed E-state index contributed by atoms with van der Waals surface area (Å²) in [5.74, 6) is 1.03. The Balaban J connectivity index is 2.43. The van der Waals surface area contributed by atoms with Crippen LogP contribution in [-0.2, 0) is 4.74 Å². The number of pyridine rings is 1. The molecule has 0 aliphatic heterocycles. The van der Waals surface area contributed by atoms with Crippen molar-refractivity contribution in [2.45, 2.75) is 24.4 Å². The van der Waals surface area contributed by atoms with Gasteiger partial charge in [-0.15, -0.1) is 11.8 Å². The van der Waals surface area contributed by atoms with Gasteiger partial charge in [0.1, 0.15) is 0 Å². The summed E-state index contributed by atoms with van der Waals surface area (Å²) in [6, 6.07) is 4.10. The van der Waals surface area contributed by atoms with E-state index in [4.69, 9.17) is 10.5 Å². The quantitative estimate of drug-likeness (QED) is 0.597. The summed E-state index contributed by atoms with van der Waals surface area (Å²) in [6.07, 6.45) is 2.86. The molecule has 1 rings (SSSR count). The fourth-order valence-electron chi connectivity index (χ4n) is 1.17. The molecule has 1 atom stereocenters. The first-order chi connectivity index (χ1) is 7.24. The lowest BCUT2D eigenvalue weighted by atomic mass is 10.1. The van der Waals surface area contributed by atoms with Gasteiger partial charge in [0.15, 0.2) is 0 Å². The lowest BCUT2D eigenvalue weighted by Gasteiger charge is -2.06. The third-order valence-corrected chi connectivity index (χ3v) is 3.04. The molecular formula is C11H18N2OS. The lowest BCUT2D eigenvalue weighted by molar-refractivity contribution is 0.200. The summed E-state index contributed by atoms with van der Waals surface area (Å²) in [5.41, 5.74) is 6.94. The van der Waals surface area contributed by atoms with E-state index in [0.717, 1.165) is 29.4 Å². The molecule has 0 radical (unpaired) electrons. The molecule has 4 heteroatoms. The standard InChI is InChI=1S/C11H18N2OS/c1-9(12)10-4-5-13-11(8-10)15-7-3-6-14-2/h4-5,8-9H,3,6-7,12H2,1-2H3. The lowest BCUT2D eigenvalue weighted by Crippen LogP contribution is -2.05. The molecule has 1 heterocycles. The van der Waals surface area contributed by atoms with E-state index in [0.29, 0.717) is 0 Å². The normalized spacial score (nSPS) is 12.7. The average Bonchev–Trinajstić information content (AvgIpc) is 2.25. The van der Waals surface area contributed by atoms with Crippen molar-refractivity contribution >= 4 is 11.8 Å². The van der Waals surface area contributed by atoms with Gasteiger partial charge in [0.25, 0.3) is 0 Å². The van der Waals surface area contributed by atoms with E-state index in [9.17, 15) is 0 Å². The summed E-state index contributed by atoms with van der Waals surface area (Å²) in [7, 11) is 1.72. The van der Waals surface area contributed by atoms with Crippen LogP contribution >= 0.6 is 11.8 Å². The molecule has 0 aromatic carbocycles. The number of methoxy groups -OCH3 is 1. The largest absolute Gasteiger partial charge is 0.385 e. The Morgan fingerprint density at radius 2 is 2.40 bits per heavy atom. The SMILES string of the molecule is COCCCSc1cc(C(C)N)ccn1. The minimum Gasteiger partial charge on any atom is -0.385 e. The highest BCUT2D eigenvalue weighted by atomic mass is 32.2. The maximum Gasteiger partial charge on any atom is 0.0963 e.